The first-order valence-electron chi connectivity index (χ1n) is 10.3. The lowest BCUT2D eigenvalue weighted by Gasteiger charge is -2.13. The number of para-hydroxylation sites is 1. The summed E-state index contributed by atoms with van der Waals surface area (Å²) in [6, 6.07) is 21.5. The smallest absolute Gasteiger partial charge is 0.266 e. The van der Waals surface area contributed by atoms with Crippen LogP contribution in [-0.4, -0.2) is 34.0 Å². The van der Waals surface area contributed by atoms with Crippen LogP contribution in [0, 0.1) is 0 Å². The number of carbonyl (C=O) groups excluding carboxylic acids is 1. The number of hydrogen-bond acceptors (Lipinski definition) is 6. The molecule has 0 spiro atoms. The van der Waals surface area contributed by atoms with Crippen LogP contribution in [0.1, 0.15) is 12.5 Å². The van der Waals surface area contributed by atoms with Crippen LogP contribution < -0.4 is 15.7 Å². The second-order valence-electron chi connectivity index (χ2n) is 7.25. The van der Waals surface area contributed by atoms with Gasteiger partial charge >= 0.3 is 0 Å². The van der Waals surface area contributed by atoms with Crippen LogP contribution >= 0.6 is 23.4 Å². The molecule has 0 saturated heterocycles. The molecule has 0 atom stereocenters. The number of thioether (sulfide) groups is 1. The average Bonchev–Trinajstić information content (AvgIpc) is 2.86. The van der Waals surface area contributed by atoms with Crippen molar-refractivity contribution >= 4 is 45.9 Å². The summed E-state index contributed by atoms with van der Waals surface area (Å²) in [5.74, 6) is 0.353. The first kappa shape index (κ1) is 23.5. The molecule has 1 N–H and O–H groups in total. The van der Waals surface area contributed by atoms with Crippen molar-refractivity contribution in [1.29, 1.82) is 0 Å². The van der Waals surface area contributed by atoms with Gasteiger partial charge in [-0.25, -0.2) is 10.4 Å². The lowest BCUT2D eigenvalue weighted by atomic mass is 10.1. The Hall–Kier alpha value is -3.62. The molecule has 172 valence electrons. The number of amides is 1. The van der Waals surface area contributed by atoms with E-state index in [1.54, 1.807) is 62.6 Å². The van der Waals surface area contributed by atoms with Gasteiger partial charge in [0.1, 0.15) is 5.75 Å². The summed E-state index contributed by atoms with van der Waals surface area (Å²) in [4.78, 5) is 30.5. The fourth-order valence-corrected chi connectivity index (χ4v) is 4.37. The van der Waals surface area contributed by atoms with Gasteiger partial charge in [0.2, 0.25) is 0 Å². The van der Waals surface area contributed by atoms with Crippen LogP contribution in [0.25, 0.3) is 16.6 Å². The molecule has 0 saturated carbocycles. The molecule has 0 aliphatic carbocycles. The summed E-state index contributed by atoms with van der Waals surface area (Å²) in [7, 11) is 1.58. The fraction of sp³-hybridized carbons (Fsp3) is 0.120. The fourth-order valence-electron chi connectivity index (χ4n) is 3.29. The summed E-state index contributed by atoms with van der Waals surface area (Å²) < 4.78 is 6.72. The maximum atomic E-state index is 13.3. The Morgan fingerprint density at radius 3 is 2.53 bits per heavy atom. The maximum Gasteiger partial charge on any atom is 0.266 e. The van der Waals surface area contributed by atoms with E-state index in [1.165, 1.54) is 4.57 Å². The third-order valence-corrected chi connectivity index (χ3v) is 6.29. The van der Waals surface area contributed by atoms with Gasteiger partial charge in [-0.1, -0.05) is 53.7 Å². The molecule has 0 aliphatic heterocycles. The average molecular weight is 493 g/mol. The van der Waals surface area contributed by atoms with Crippen LogP contribution in [0.2, 0.25) is 5.02 Å². The van der Waals surface area contributed by atoms with Crippen LogP contribution in [0.5, 0.6) is 5.75 Å². The monoisotopic (exact) mass is 492 g/mol. The molecule has 1 amide bonds. The van der Waals surface area contributed by atoms with Crippen LogP contribution in [0.4, 0.5) is 0 Å². The van der Waals surface area contributed by atoms with Gasteiger partial charge in [-0.05, 0) is 49.4 Å². The Morgan fingerprint density at radius 2 is 1.79 bits per heavy atom. The summed E-state index contributed by atoms with van der Waals surface area (Å²) in [6.07, 6.45) is 0. The van der Waals surface area contributed by atoms with E-state index >= 15 is 0 Å². The number of aromatic nitrogens is 2. The Labute approximate surface area is 205 Å². The molecule has 3 aromatic carbocycles. The zero-order valence-electron chi connectivity index (χ0n) is 18.5. The van der Waals surface area contributed by atoms with E-state index in [4.69, 9.17) is 16.3 Å². The highest BCUT2D eigenvalue weighted by Crippen LogP contribution is 2.23. The number of hydrogen-bond donors (Lipinski definition) is 1. The molecule has 0 fully saturated rings. The summed E-state index contributed by atoms with van der Waals surface area (Å²) in [6.45, 7) is 1.76. The molecule has 0 unspecified atom stereocenters. The Balaban J connectivity index is 1.59. The summed E-state index contributed by atoms with van der Waals surface area (Å²) in [5.41, 5.74) is 4.84. The van der Waals surface area contributed by atoms with E-state index in [0.717, 1.165) is 17.3 Å². The number of fused-ring (bicyclic) bond motifs is 1. The van der Waals surface area contributed by atoms with Crippen molar-refractivity contribution in [2.24, 2.45) is 5.10 Å². The SMILES string of the molecule is COc1ccc(-n2c(SCC(=O)N/N=C(\C)c3ccccc3Cl)nc3ccccc3c2=O)cc1. The zero-order chi connectivity index (χ0) is 24.1. The highest BCUT2D eigenvalue weighted by Gasteiger charge is 2.15. The Morgan fingerprint density at radius 1 is 1.09 bits per heavy atom. The highest BCUT2D eigenvalue weighted by atomic mass is 35.5. The van der Waals surface area contributed by atoms with Gasteiger partial charge in [-0.2, -0.15) is 5.10 Å². The molecule has 7 nitrogen and oxygen atoms in total. The predicted molar refractivity (Wildman–Crippen MR) is 136 cm³/mol. The number of rotatable bonds is 7. The Kier molecular flexibility index (Phi) is 7.30. The van der Waals surface area contributed by atoms with Crippen molar-refractivity contribution in [3.05, 3.63) is 93.7 Å². The molecule has 4 aromatic rings. The zero-order valence-corrected chi connectivity index (χ0v) is 20.1. The molecule has 0 radical (unpaired) electrons. The minimum absolute atomic E-state index is 0.0141. The summed E-state index contributed by atoms with van der Waals surface area (Å²) in [5, 5.41) is 5.59. The number of carbonyl (C=O) groups is 1. The van der Waals surface area contributed by atoms with Gasteiger partial charge in [-0.3, -0.25) is 14.2 Å². The number of halogens is 1. The number of hydrazone groups is 1. The molecular weight excluding hydrogens is 472 g/mol. The maximum absolute atomic E-state index is 13.3. The lowest BCUT2D eigenvalue weighted by molar-refractivity contribution is -0.118. The van der Waals surface area contributed by atoms with Crippen LogP contribution in [-0.2, 0) is 4.79 Å². The standard InChI is InChI=1S/C25H21ClN4O3S/c1-16(19-7-3-5-9-21(19)26)28-29-23(31)15-34-25-27-22-10-6-4-8-20(22)24(32)30(25)17-11-13-18(33-2)14-12-17/h3-14H,15H2,1-2H3,(H,29,31)/b28-16+. The van der Waals surface area contributed by atoms with Crippen molar-refractivity contribution in [2.75, 3.05) is 12.9 Å². The number of nitrogens with zero attached hydrogens (tertiary/aromatic N) is 3. The van der Waals surface area contributed by atoms with Gasteiger partial charge in [0.15, 0.2) is 5.16 Å². The first-order valence-corrected chi connectivity index (χ1v) is 11.7. The predicted octanol–water partition coefficient (Wildman–Crippen LogP) is 4.68. The molecule has 0 aliphatic rings. The second-order valence-corrected chi connectivity index (χ2v) is 8.60. The topological polar surface area (TPSA) is 85.6 Å². The number of benzene rings is 3. The van der Waals surface area contributed by atoms with Gasteiger partial charge in [0, 0.05) is 10.6 Å². The largest absolute Gasteiger partial charge is 0.497 e. The number of methoxy groups -OCH3 is 1. The van der Waals surface area contributed by atoms with Gasteiger partial charge < -0.3 is 4.74 Å². The Bertz CT molecular complexity index is 1430. The second kappa shape index (κ2) is 10.5. The molecule has 34 heavy (non-hydrogen) atoms. The normalized spacial score (nSPS) is 11.4. The van der Waals surface area contributed by atoms with E-state index in [9.17, 15) is 9.59 Å². The van der Waals surface area contributed by atoms with E-state index in [-0.39, 0.29) is 17.2 Å². The van der Waals surface area contributed by atoms with E-state index in [2.05, 4.69) is 15.5 Å². The minimum Gasteiger partial charge on any atom is -0.497 e. The highest BCUT2D eigenvalue weighted by molar-refractivity contribution is 7.99. The van der Waals surface area contributed by atoms with E-state index in [0.29, 0.717) is 38.2 Å². The van der Waals surface area contributed by atoms with Crippen molar-refractivity contribution in [1.82, 2.24) is 15.0 Å². The van der Waals surface area contributed by atoms with Crippen molar-refractivity contribution in [3.8, 4) is 11.4 Å². The van der Waals surface area contributed by atoms with E-state index in [1.807, 2.05) is 24.3 Å². The van der Waals surface area contributed by atoms with Gasteiger partial charge in [-0.15, -0.1) is 0 Å². The molecule has 4 rings (SSSR count). The number of ether oxygens (including phenoxy) is 1. The van der Waals surface area contributed by atoms with Crippen molar-refractivity contribution in [2.45, 2.75) is 12.1 Å². The minimum atomic E-state index is -0.333. The molecule has 0 bridgehead atoms. The third kappa shape index (κ3) is 5.13. The van der Waals surface area contributed by atoms with Crippen LogP contribution in [0.3, 0.4) is 0 Å². The number of nitrogens with one attached hydrogen (secondary N) is 1. The van der Waals surface area contributed by atoms with Crippen molar-refractivity contribution < 1.29 is 9.53 Å². The molecular formula is C25H21ClN4O3S. The third-order valence-electron chi connectivity index (χ3n) is 5.02. The van der Waals surface area contributed by atoms with Crippen molar-refractivity contribution in [3.63, 3.8) is 0 Å². The molecule has 1 heterocycles. The first-order chi connectivity index (χ1) is 16.5. The quantitative estimate of drug-likeness (QED) is 0.175. The van der Waals surface area contributed by atoms with Gasteiger partial charge in [0.25, 0.3) is 11.5 Å². The van der Waals surface area contributed by atoms with Gasteiger partial charge in [0.05, 0.1) is 35.2 Å². The summed E-state index contributed by atoms with van der Waals surface area (Å²) >= 11 is 7.34. The molecule has 9 heteroatoms. The van der Waals surface area contributed by atoms with Crippen LogP contribution in [0.15, 0.2) is 87.8 Å². The lowest BCUT2D eigenvalue weighted by Crippen LogP contribution is -2.24. The van der Waals surface area contributed by atoms with E-state index < -0.39 is 0 Å². The molecule has 1 aromatic heterocycles.